The Hall–Kier alpha value is -4.40. The molecule has 190 valence electrons. The molecule has 0 spiro atoms. The maximum absolute atomic E-state index is 13.7. The number of methoxy groups -OCH3 is 1. The largest absolute Gasteiger partial charge is 0.497 e. The zero-order chi connectivity index (χ0) is 25.4. The molecular weight excluding hydrogens is 476 g/mol. The zero-order valence-corrected chi connectivity index (χ0v) is 20.3. The second kappa shape index (κ2) is 9.57. The Kier molecular flexibility index (Phi) is 5.96. The van der Waals surface area contributed by atoms with Crippen LogP contribution in [-0.4, -0.2) is 38.9 Å². The van der Waals surface area contributed by atoms with Crippen molar-refractivity contribution in [1.82, 2.24) is 0 Å². The van der Waals surface area contributed by atoms with Gasteiger partial charge in [-0.05, 0) is 48.4 Å². The first-order chi connectivity index (χ1) is 18.1. The molecule has 1 N–H and O–H groups in total. The van der Waals surface area contributed by atoms with Gasteiger partial charge in [-0.3, -0.25) is 9.59 Å². The molecule has 2 atom stereocenters. The second-order valence-electron chi connectivity index (χ2n) is 9.01. The number of benzene rings is 3. The highest BCUT2D eigenvalue weighted by Gasteiger charge is 2.42. The number of rotatable bonds is 5. The lowest BCUT2D eigenvalue weighted by Gasteiger charge is -2.41. The Labute approximate surface area is 213 Å². The standard InChI is InChI=1S/C28H26N2O7/c1-33-20-6-2-17(3-7-20)27-21(28(32)29-18-4-9-22-24(14-18)35-13-12-34-22)8-11-26(31)30(27)19-5-10-23-25(15-19)37-16-36-23/h2-7,9-10,14-15,21,27H,8,11-13,16H2,1H3,(H,29,32)/t21-,27-/m1/s1. The van der Waals surface area contributed by atoms with Gasteiger partial charge in [0.2, 0.25) is 18.6 Å². The third kappa shape index (κ3) is 4.37. The summed E-state index contributed by atoms with van der Waals surface area (Å²) in [5.41, 5.74) is 2.08. The van der Waals surface area contributed by atoms with Crippen molar-refractivity contribution in [2.45, 2.75) is 18.9 Å². The van der Waals surface area contributed by atoms with Crippen molar-refractivity contribution in [3.63, 3.8) is 0 Å². The topological polar surface area (TPSA) is 95.6 Å². The van der Waals surface area contributed by atoms with Crippen LogP contribution in [0.3, 0.4) is 0 Å². The number of fused-ring (bicyclic) bond motifs is 2. The van der Waals surface area contributed by atoms with E-state index < -0.39 is 12.0 Å². The molecule has 2 amide bonds. The summed E-state index contributed by atoms with van der Waals surface area (Å²) >= 11 is 0. The highest BCUT2D eigenvalue weighted by atomic mass is 16.7. The van der Waals surface area contributed by atoms with Crippen LogP contribution in [0.25, 0.3) is 0 Å². The molecule has 3 aliphatic heterocycles. The number of hydrogen-bond donors (Lipinski definition) is 1. The lowest BCUT2D eigenvalue weighted by molar-refractivity contribution is -0.125. The minimum Gasteiger partial charge on any atom is -0.497 e. The number of nitrogens with zero attached hydrogens (tertiary/aromatic N) is 1. The van der Waals surface area contributed by atoms with Gasteiger partial charge in [-0.25, -0.2) is 0 Å². The normalized spacial score (nSPS) is 19.9. The highest BCUT2D eigenvalue weighted by Crippen LogP contribution is 2.44. The van der Waals surface area contributed by atoms with Gasteiger partial charge >= 0.3 is 0 Å². The lowest BCUT2D eigenvalue weighted by Crippen LogP contribution is -2.47. The molecule has 0 radical (unpaired) electrons. The van der Waals surface area contributed by atoms with Gasteiger partial charge in [-0.15, -0.1) is 0 Å². The Morgan fingerprint density at radius 2 is 1.59 bits per heavy atom. The minimum atomic E-state index is -0.537. The maximum atomic E-state index is 13.7. The smallest absolute Gasteiger partial charge is 0.231 e. The van der Waals surface area contributed by atoms with E-state index in [4.69, 9.17) is 23.7 Å². The molecule has 0 aliphatic carbocycles. The summed E-state index contributed by atoms with van der Waals surface area (Å²) in [5, 5.41) is 3.03. The molecule has 3 aliphatic rings. The van der Waals surface area contributed by atoms with Gasteiger partial charge in [0, 0.05) is 29.9 Å². The fourth-order valence-corrected chi connectivity index (χ4v) is 5.05. The van der Waals surface area contributed by atoms with Crippen LogP contribution in [0, 0.1) is 5.92 Å². The molecule has 9 nitrogen and oxygen atoms in total. The van der Waals surface area contributed by atoms with Gasteiger partial charge in [0.1, 0.15) is 19.0 Å². The first-order valence-electron chi connectivity index (χ1n) is 12.2. The van der Waals surface area contributed by atoms with Crippen molar-refractivity contribution < 1.29 is 33.3 Å². The second-order valence-corrected chi connectivity index (χ2v) is 9.01. The number of amides is 2. The third-order valence-corrected chi connectivity index (χ3v) is 6.84. The molecule has 0 saturated carbocycles. The molecule has 1 fully saturated rings. The van der Waals surface area contributed by atoms with Crippen molar-refractivity contribution in [3.8, 4) is 28.7 Å². The summed E-state index contributed by atoms with van der Waals surface area (Å²) in [6.45, 7) is 1.09. The van der Waals surface area contributed by atoms with E-state index in [2.05, 4.69) is 5.32 Å². The Balaban J connectivity index is 1.35. The third-order valence-electron chi connectivity index (χ3n) is 6.84. The minimum absolute atomic E-state index is 0.0666. The molecule has 0 aromatic heterocycles. The summed E-state index contributed by atoms with van der Waals surface area (Å²) in [5.74, 6) is 2.37. The Morgan fingerprint density at radius 3 is 2.41 bits per heavy atom. The summed E-state index contributed by atoms with van der Waals surface area (Å²) in [6.07, 6.45) is 0.646. The summed E-state index contributed by atoms with van der Waals surface area (Å²) < 4.78 is 27.6. The average Bonchev–Trinajstić information content (AvgIpc) is 3.41. The molecule has 0 bridgehead atoms. The summed E-state index contributed by atoms with van der Waals surface area (Å²) in [6, 6.07) is 17.7. The van der Waals surface area contributed by atoms with Crippen molar-refractivity contribution in [2.75, 3.05) is 37.3 Å². The zero-order valence-electron chi connectivity index (χ0n) is 20.3. The lowest BCUT2D eigenvalue weighted by atomic mass is 9.83. The quantitative estimate of drug-likeness (QED) is 0.555. The Morgan fingerprint density at radius 1 is 0.892 bits per heavy atom. The predicted molar refractivity (Wildman–Crippen MR) is 135 cm³/mol. The number of carbonyl (C=O) groups excluding carboxylic acids is 2. The van der Waals surface area contributed by atoms with Crippen LogP contribution in [-0.2, 0) is 9.59 Å². The van der Waals surface area contributed by atoms with E-state index in [1.165, 1.54) is 0 Å². The van der Waals surface area contributed by atoms with E-state index in [0.717, 1.165) is 5.56 Å². The molecule has 1 saturated heterocycles. The van der Waals surface area contributed by atoms with Crippen LogP contribution < -0.4 is 33.9 Å². The van der Waals surface area contributed by atoms with Crippen LogP contribution in [0.15, 0.2) is 60.7 Å². The van der Waals surface area contributed by atoms with Crippen molar-refractivity contribution in [1.29, 1.82) is 0 Å². The first-order valence-corrected chi connectivity index (χ1v) is 12.2. The molecule has 9 heteroatoms. The van der Waals surface area contributed by atoms with Crippen molar-refractivity contribution >= 4 is 23.2 Å². The monoisotopic (exact) mass is 502 g/mol. The van der Waals surface area contributed by atoms with Crippen LogP contribution in [0.2, 0.25) is 0 Å². The van der Waals surface area contributed by atoms with E-state index in [0.29, 0.717) is 59.8 Å². The number of carbonyl (C=O) groups is 2. The average molecular weight is 503 g/mol. The van der Waals surface area contributed by atoms with Gasteiger partial charge in [-0.2, -0.15) is 0 Å². The molecule has 3 aromatic carbocycles. The van der Waals surface area contributed by atoms with Crippen LogP contribution >= 0.6 is 0 Å². The van der Waals surface area contributed by atoms with Gasteiger partial charge in [0.15, 0.2) is 23.0 Å². The number of ether oxygens (including phenoxy) is 5. The Bertz CT molecular complexity index is 1340. The van der Waals surface area contributed by atoms with Crippen LogP contribution in [0.4, 0.5) is 11.4 Å². The number of hydrogen-bond acceptors (Lipinski definition) is 7. The fraction of sp³-hybridized carbons (Fsp3) is 0.286. The van der Waals surface area contributed by atoms with E-state index in [1.54, 1.807) is 42.3 Å². The first kappa shape index (κ1) is 23.0. The van der Waals surface area contributed by atoms with Crippen molar-refractivity contribution in [3.05, 3.63) is 66.2 Å². The summed E-state index contributed by atoms with van der Waals surface area (Å²) in [7, 11) is 1.60. The van der Waals surface area contributed by atoms with Crippen LogP contribution in [0.1, 0.15) is 24.4 Å². The molecule has 3 heterocycles. The fourth-order valence-electron chi connectivity index (χ4n) is 5.05. The maximum Gasteiger partial charge on any atom is 0.231 e. The van der Waals surface area contributed by atoms with E-state index >= 15 is 0 Å². The van der Waals surface area contributed by atoms with Gasteiger partial charge < -0.3 is 33.9 Å². The molecule has 37 heavy (non-hydrogen) atoms. The van der Waals surface area contributed by atoms with Crippen LogP contribution in [0.5, 0.6) is 28.7 Å². The number of piperidine rings is 1. The van der Waals surface area contributed by atoms with E-state index in [1.807, 2.05) is 30.3 Å². The highest BCUT2D eigenvalue weighted by molar-refractivity contribution is 6.00. The molecule has 3 aromatic rings. The molecular formula is C28H26N2O7. The SMILES string of the molecule is COc1ccc([C@@H]2[C@H](C(=O)Nc3ccc4c(c3)OCCO4)CCC(=O)N2c2ccc3c(c2)OCO3)cc1. The summed E-state index contributed by atoms with van der Waals surface area (Å²) in [4.78, 5) is 28.8. The molecule has 6 rings (SSSR count). The number of anilines is 2. The van der Waals surface area contributed by atoms with E-state index in [9.17, 15) is 9.59 Å². The van der Waals surface area contributed by atoms with Gasteiger partial charge in [0.05, 0.1) is 19.1 Å². The van der Waals surface area contributed by atoms with E-state index in [-0.39, 0.29) is 25.0 Å². The van der Waals surface area contributed by atoms with Gasteiger partial charge in [0.25, 0.3) is 0 Å². The number of nitrogens with one attached hydrogen (secondary N) is 1. The molecule has 0 unspecified atom stereocenters. The van der Waals surface area contributed by atoms with Crippen molar-refractivity contribution in [2.24, 2.45) is 5.92 Å². The van der Waals surface area contributed by atoms with Gasteiger partial charge in [-0.1, -0.05) is 12.1 Å². The predicted octanol–water partition coefficient (Wildman–Crippen LogP) is 4.32.